The SMILES string of the molecule is O=C(CNC(=O)C12CC3CC(CC(C3)C1)C2)NCc1ccc(-n2ccnc2)c(F)c1. The zero-order chi connectivity index (χ0) is 20.7. The maximum absolute atomic E-state index is 14.3. The van der Waals surface area contributed by atoms with Gasteiger partial charge in [-0.3, -0.25) is 9.59 Å². The predicted molar refractivity (Wildman–Crippen MR) is 109 cm³/mol. The van der Waals surface area contributed by atoms with E-state index in [0.717, 1.165) is 19.3 Å². The molecule has 30 heavy (non-hydrogen) atoms. The van der Waals surface area contributed by atoms with Crippen LogP contribution in [-0.2, 0) is 16.1 Å². The number of amides is 2. The van der Waals surface area contributed by atoms with Crippen LogP contribution in [0.1, 0.15) is 44.1 Å². The van der Waals surface area contributed by atoms with Gasteiger partial charge in [0.2, 0.25) is 11.8 Å². The van der Waals surface area contributed by atoms with Crippen LogP contribution in [0.4, 0.5) is 4.39 Å². The number of carbonyl (C=O) groups is 2. The molecular weight excluding hydrogens is 383 g/mol. The average Bonchev–Trinajstić information content (AvgIpc) is 3.24. The summed E-state index contributed by atoms with van der Waals surface area (Å²) in [7, 11) is 0. The molecule has 0 unspecified atom stereocenters. The van der Waals surface area contributed by atoms with E-state index in [9.17, 15) is 14.0 Å². The number of hydrogen-bond acceptors (Lipinski definition) is 3. The van der Waals surface area contributed by atoms with Crippen molar-refractivity contribution in [2.24, 2.45) is 23.2 Å². The van der Waals surface area contributed by atoms with Crippen LogP contribution in [0, 0.1) is 29.0 Å². The molecule has 1 heterocycles. The lowest BCUT2D eigenvalue weighted by atomic mass is 9.49. The van der Waals surface area contributed by atoms with Gasteiger partial charge in [-0.2, -0.15) is 0 Å². The third-order valence-electron chi connectivity index (χ3n) is 7.21. The number of aromatic nitrogens is 2. The molecule has 4 saturated carbocycles. The van der Waals surface area contributed by atoms with Crippen molar-refractivity contribution in [1.82, 2.24) is 20.2 Å². The van der Waals surface area contributed by atoms with Crippen LogP contribution in [-0.4, -0.2) is 27.9 Å². The molecule has 1 aromatic carbocycles. The first-order valence-electron chi connectivity index (χ1n) is 10.8. The lowest BCUT2D eigenvalue weighted by Gasteiger charge is -2.55. The minimum absolute atomic E-state index is 0.0316. The van der Waals surface area contributed by atoms with E-state index in [1.165, 1.54) is 31.7 Å². The minimum atomic E-state index is -0.380. The van der Waals surface area contributed by atoms with Crippen LogP contribution in [0.2, 0.25) is 0 Å². The summed E-state index contributed by atoms with van der Waals surface area (Å²) in [6.45, 7) is 0.184. The molecule has 4 aliphatic rings. The maximum Gasteiger partial charge on any atom is 0.239 e. The molecule has 6 rings (SSSR count). The fourth-order valence-electron chi connectivity index (χ4n) is 6.27. The van der Waals surface area contributed by atoms with Gasteiger partial charge in [0.25, 0.3) is 0 Å². The number of nitrogens with zero attached hydrogens (tertiary/aromatic N) is 2. The van der Waals surface area contributed by atoms with Gasteiger partial charge in [0, 0.05) is 24.4 Å². The Balaban J connectivity index is 1.13. The maximum atomic E-state index is 14.3. The van der Waals surface area contributed by atoms with E-state index in [4.69, 9.17) is 0 Å². The second-order valence-corrected chi connectivity index (χ2v) is 9.41. The Bertz CT molecular complexity index is 921. The summed E-state index contributed by atoms with van der Waals surface area (Å²) in [5.74, 6) is 1.48. The molecule has 4 bridgehead atoms. The van der Waals surface area contributed by atoms with Gasteiger partial charge in [-0.15, -0.1) is 0 Å². The van der Waals surface area contributed by atoms with E-state index in [2.05, 4.69) is 15.6 Å². The Labute approximate surface area is 175 Å². The van der Waals surface area contributed by atoms with Crippen LogP contribution in [0.3, 0.4) is 0 Å². The normalized spacial score (nSPS) is 29.0. The molecule has 0 aliphatic heterocycles. The van der Waals surface area contributed by atoms with E-state index in [1.807, 2.05) is 0 Å². The molecule has 2 amide bonds. The molecule has 2 N–H and O–H groups in total. The summed E-state index contributed by atoms with van der Waals surface area (Å²) in [5.41, 5.74) is 0.823. The van der Waals surface area contributed by atoms with Gasteiger partial charge in [-0.1, -0.05) is 6.07 Å². The Kier molecular flexibility index (Phi) is 4.83. The summed E-state index contributed by atoms with van der Waals surface area (Å²) in [6.07, 6.45) is 11.6. The topological polar surface area (TPSA) is 76.0 Å². The van der Waals surface area contributed by atoms with Crippen LogP contribution in [0.5, 0.6) is 0 Å². The van der Waals surface area contributed by atoms with Crippen LogP contribution >= 0.6 is 0 Å². The molecule has 2 aromatic rings. The molecule has 1 aromatic heterocycles. The number of rotatable bonds is 6. The molecule has 7 heteroatoms. The number of carbonyl (C=O) groups excluding carboxylic acids is 2. The summed E-state index contributed by atoms with van der Waals surface area (Å²) >= 11 is 0. The summed E-state index contributed by atoms with van der Waals surface area (Å²) in [4.78, 5) is 29.1. The highest BCUT2D eigenvalue weighted by Crippen LogP contribution is 2.60. The summed E-state index contributed by atoms with van der Waals surface area (Å²) in [5, 5.41) is 5.65. The average molecular weight is 410 g/mol. The summed E-state index contributed by atoms with van der Waals surface area (Å²) in [6, 6.07) is 4.84. The van der Waals surface area contributed by atoms with Crippen molar-refractivity contribution in [3.8, 4) is 5.69 Å². The highest BCUT2D eigenvalue weighted by atomic mass is 19.1. The lowest BCUT2D eigenvalue weighted by molar-refractivity contribution is -0.147. The van der Waals surface area contributed by atoms with Crippen molar-refractivity contribution in [2.45, 2.75) is 45.1 Å². The van der Waals surface area contributed by atoms with E-state index < -0.39 is 0 Å². The quantitative estimate of drug-likeness (QED) is 0.769. The number of halogens is 1. The van der Waals surface area contributed by atoms with Crippen LogP contribution in [0.25, 0.3) is 5.69 Å². The van der Waals surface area contributed by atoms with E-state index in [-0.39, 0.29) is 36.1 Å². The lowest BCUT2D eigenvalue weighted by Crippen LogP contribution is -2.54. The van der Waals surface area contributed by atoms with Crippen molar-refractivity contribution in [3.05, 3.63) is 48.3 Å². The number of benzene rings is 1. The molecule has 0 saturated heterocycles. The van der Waals surface area contributed by atoms with Gasteiger partial charge in [0.15, 0.2) is 0 Å². The van der Waals surface area contributed by atoms with Gasteiger partial charge >= 0.3 is 0 Å². The fourth-order valence-corrected chi connectivity index (χ4v) is 6.27. The van der Waals surface area contributed by atoms with E-state index >= 15 is 0 Å². The fraction of sp³-hybridized carbons (Fsp3) is 0.522. The first-order chi connectivity index (χ1) is 14.5. The molecule has 4 aliphatic carbocycles. The molecule has 0 spiro atoms. The first kappa shape index (κ1) is 19.3. The van der Waals surface area contributed by atoms with Gasteiger partial charge in [-0.05, 0) is 74.0 Å². The standard InChI is InChI=1S/C23H27FN4O2/c24-19-8-15(1-2-20(19)28-4-3-25-14-28)12-26-21(29)13-27-22(30)23-9-16-5-17(10-23)7-18(6-16)11-23/h1-4,8,14,16-18H,5-7,9-13H2,(H,26,29)(H,27,30). The van der Waals surface area contributed by atoms with Crippen molar-refractivity contribution < 1.29 is 14.0 Å². The monoisotopic (exact) mass is 410 g/mol. The Morgan fingerprint density at radius 2 is 1.80 bits per heavy atom. The molecule has 0 atom stereocenters. The van der Waals surface area contributed by atoms with Crippen molar-refractivity contribution in [2.75, 3.05) is 6.54 Å². The highest BCUT2D eigenvalue weighted by molar-refractivity contribution is 5.88. The third-order valence-corrected chi connectivity index (χ3v) is 7.21. The smallest absolute Gasteiger partial charge is 0.239 e. The van der Waals surface area contributed by atoms with Crippen LogP contribution < -0.4 is 10.6 Å². The van der Waals surface area contributed by atoms with Crippen LogP contribution in [0.15, 0.2) is 36.9 Å². The Morgan fingerprint density at radius 1 is 1.10 bits per heavy atom. The summed E-state index contributed by atoms with van der Waals surface area (Å²) < 4.78 is 15.9. The first-order valence-corrected chi connectivity index (χ1v) is 10.8. The van der Waals surface area contributed by atoms with Gasteiger partial charge in [0.05, 0.1) is 18.6 Å². The Morgan fingerprint density at radius 3 is 2.40 bits per heavy atom. The molecular formula is C23H27FN4O2. The molecule has 6 nitrogen and oxygen atoms in total. The number of imidazole rings is 1. The minimum Gasteiger partial charge on any atom is -0.350 e. The zero-order valence-electron chi connectivity index (χ0n) is 16.9. The van der Waals surface area contributed by atoms with Gasteiger partial charge < -0.3 is 15.2 Å². The molecule has 4 fully saturated rings. The van der Waals surface area contributed by atoms with Crippen molar-refractivity contribution in [1.29, 1.82) is 0 Å². The largest absolute Gasteiger partial charge is 0.350 e. The second kappa shape index (κ2) is 7.52. The van der Waals surface area contributed by atoms with Gasteiger partial charge in [0.1, 0.15) is 5.82 Å². The molecule has 0 radical (unpaired) electrons. The van der Waals surface area contributed by atoms with Crippen molar-refractivity contribution in [3.63, 3.8) is 0 Å². The zero-order valence-corrected chi connectivity index (χ0v) is 16.9. The second-order valence-electron chi connectivity index (χ2n) is 9.41. The number of nitrogens with one attached hydrogen (secondary N) is 2. The van der Waals surface area contributed by atoms with E-state index in [1.54, 1.807) is 29.1 Å². The Hall–Kier alpha value is -2.70. The van der Waals surface area contributed by atoms with Crippen molar-refractivity contribution >= 4 is 11.8 Å². The predicted octanol–water partition coefficient (Wildman–Crippen LogP) is 2.96. The van der Waals surface area contributed by atoms with E-state index in [0.29, 0.717) is 29.0 Å². The molecule has 158 valence electrons. The van der Waals surface area contributed by atoms with Gasteiger partial charge in [-0.25, -0.2) is 9.37 Å². The third kappa shape index (κ3) is 3.61. The number of hydrogen-bond donors (Lipinski definition) is 2. The highest BCUT2D eigenvalue weighted by Gasteiger charge is 2.54.